The van der Waals surface area contributed by atoms with Crippen molar-refractivity contribution < 1.29 is 33.0 Å². The Hall–Kier alpha value is -3.29. The van der Waals surface area contributed by atoms with E-state index in [1.54, 1.807) is 26.8 Å². The van der Waals surface area contributed by atoms with Crippen LogP contribution >= 0.6 is 0 Å². The molecule has 8 heteroatoms. The van der Waals surface area contributed by atoms with Gasteiger partial charge in [-0.2, -0.15) is 0 Å². The van der Waals surface area contributed by atoms with Gasteiger partial charge in [0.05, 0.1) is 19.8 Å². The number of allylic oxidation sites excluding steroid dienone is 1. The van der Waals surface area contributed by atoms with Crippen molar-refractivity contribution in [1.82, 2.24) is 5.32 Å². The average Bonchev–Trinajstić information content (AvgIpc) is 3.15. The number of rotatable bonds is 11. The molecule has 0 aliphatic carbocycles. The molecule has 0 spiro atoms. The fourth-order valence-electron chi connectivity index (χ4n) is 2.67. The lowest BCUT2D eigenvalue weighted by Gasteiger charge is -2.06. The second-order valence-corrected chi connectivity index (χ2v) is 6.39. The van der Waals surface area contributed by atoms with E-state index in [1.807, 2.05) is 18.2 Å². The highest BCUT2D eigenvalue weighted by molar-refractivity contribution is 5.97. The average molecular weight is 417 g/mol. The summed E-state index contributed by atoms with van der Waals surface area (Å²) in [4.78, 5) is 34.7. The zero-order chi connectivity index (χ0) is 21.9. The number of amides is 1. The van der Waals surface area contributed by atoms with Crippen molar-refractivity contribution in [2.75, 3.05) is 26.4 Å². The second kappa shape index (κ2) is 11.6. The lowest BCUT2D eigenvalue weighted by atomic mass is 10.2. The van der Waals surface area contributed by atoms with Gasteiger partial charge in [0.25, 0.3) is 0 Å². The Labute approximate surface area is 175 Å². The van der Waals surface area contributed by atoms with Crippen molar-refractivity contribution in [1.29, 1.82) is 0 Å². The topological polar surface area (TPSA) is 104 Å². The summed E-state index contributed by atoms with van der Waals surface area (Å²) in [5, 5.41) is 3.30. The molecule has 1 heterocycles. The highest BCUT2D eigenvalue weighted by Gasteiger charge is 2.12. The lowest BCUT2D eigenvalue weighted by Crippen LogP contribution is -2.29. The van der Waals surface area contributed by atoms with E-state index in [2.05, 4.69) is 5.32 Å². The molecule has 0 aliphatic rings. The van der Waals surface area contributed by atoms with Crippen LogP contribution in [0.5, 0.6) is 5.75 Å². The van der Waals surface area contributed by atoms with Crippen LogP contribution in [0.15, 0.2) is 34.8 Å². The molecule has 30 heavy (non-hydrogen) atoms. The molecule has 1 amide bonds. The number of carbonyl (C=O) groups is 3. The molecule has 2 aromatic rings. The third-order valence-electron chi connectivity index (χ3n) is 4.04. The van der Waals surface area contributed by atoms with Gasteiger partial charge in [-0.3, -0.25) is 14.4 Å². The van der Waals surface area contributed by atoms with Gasteiger partial charge in [0.1, 0.15) is 12.3 Å². The molecule has 1 aromatic heterocycles. The first-order chi connectivity index (χ1) is 14.4. The number of fused-ring (bicyclic) bond motifs is 1. The molecule has 1 aromatic carbocycles. The number of hydrogen-bond acceptors (Lipinski definition) is 7. The minimum Gasteiger partial charge on any atom is -0.490 e. The van der Waals surface area contributed by atoms with Crippen molar-refractivity contribution in [3.63, 3.8) is 0 Å². The van der Waals surface area contributed by atoms with E-state index in [0.29, 0.717) is 42.3 Å². The first kappa shape index (κ1) is 23.0. The van der Waals surface area contributed by atoms with Crippen LogP contribution in [0.4, 0.5) is 0 Å². The summed E-state index contributed by atoms with van der Waals surface area (Å²) in [5.74, 6) is -0.0931. The number of hydrogen-bond donors (Lipinski definition) is 1. The number of para-hydroxylation sites is 1. The van der Waals surface area contributed by atoms with Crippen LogP contribution in [0.3, 0.4) is 0 Å². The van der Waals surface area contributed by atoms with Crippen molar-refractivity contribution in [3.8, 4) is 5.75 Å². The zero-order valence-corrected chi connectivity index (χ0v) is 17.5. The van der Waals surface area contributed by atoms with E-state index < -0.39 is 11.9 Å². The maximum absolute atomic E-state index is 12.0. The van der Waals surface area contributed by atoms with E-state index in [-0.39, 0.29) is 25.5 Å². The smallest absolute Gasteiger partial charge is 0.325 e. The molecule has 2 rings (SSSR count). The summed E-state index contributed by atoms with van der Waals surface area (Å²) >= 11 is 0. The summed E-state index contributed by atoms with van der Waals surface area (Å²) < 4.78 is 21.3. The Morgan fingerprint density at radius 2 is 1.83 bits per heavy atom. The maximum atomic E-state index is 12.0. The van der Waals surface area contributed by atoms with E-state index in [9.17, 15) is 14.4 Å². The Bertz CT molecular complexity index is 913. The van der Waals surface area contributed by atoms with Gasteiger partial charge in [0, 0.05) is 17.9 Å². The molecule has 0 saturated carbocycles. The summed E-state index contributed by atoms with van der Waals surface area (Å²) in [7, 11) is 0. The molecule has 162 valence electrons. The van der Waals surface area contributed by atoms with Crippen molar-refractivity contribution in [3.05, 3.63) is 36.1 Å². The summed E-state index contributed by atoms with van der Waals surface area (Å²) in [6.07, 6.45) is 2.18. The number of ether oxygens (including phenoxy) is 3. The number of esters is 2. The third kappa shape index (κ3) is 6.95. The third-order valence-corrected chi connectivity index (χ3v) is 4.04. The molecule has 0 fully saturated rings. The summed E-state index contributed by atoms with van der Waals surface area (Å²) in [6.45, 7) is 5.98. The number of benzene rings is 1. The SMILES string of the molecule is CCOC(=O)CCCOc1cccc2cc(/C(C)=C/C(=O)NCC(=O)OCC)oc12. The maximum Gasteiger partial charge on any atom is 0.325 e. The normalized spacial score (nSPS) is 11.2. The molecule has 0 aliphatic heterocycles. The second-order valence-electron chi connectivity index (χ2n) is 6.39. The highest BCUT2D eigenvalue weighted by Crippen LogP contribution is 2.31. The van der Waals surface area contributed by atoms with E-state index in [1.165, 1.54) is 6.08 Å². The first-order valence-corrected chi connectivity index (χ1v) is 9.87. The van der Waals surface area contributed by atoms with Crippen LogP contribution in [0.25, 0.3) is 16.5 Å². The zero-order valence-electron chi connectivity index (χ0n) is 17.5. The largest absolute Gasteiger partial charge is 0.490 e. The monoisotopic (exact) mass is 417 g/mol. The number of nitrogens with one attached hydrogen (secondary N) is 1. The van der Waals surface area contributed by atoms with Crippen molar-refractivity contribution >= 4 is 34.4 Å². The molecular formula is C22H27NO7. The van der Waals surface area contributed by atoms with Crippen molar-refractivity contribution in [2.24, 2.45) is 0 Å². The van der Waals surface area contributed by atoms with Crippen LogP contribution in [0.1, 0.15) is 39.4 Å². The van der Waals surface area contributed by atoms with Crippen LogP contribution in [-0.2, 0) is 23.9 Å². The quantitative estimate of drug-likeness (QED) is 0.340. The Morgan fingerprint density at radius 3 is 2.57 bits per heavy atom. The minimum absolute atomic E-state index is 0.194. The Morgan fingerprint density at radius 1 is 1.10 bits per heavy atom. The van der Waals surface area contributed by atoms with Crippen LogP contribution in [0, 0.1) is 0 Å². The lowest BCUT2D eigenvalue weighted by molar-refractivity contribution is -0.143. The summed E-state index contributed by atoms with van der Waals surface area (Å²) in [5.41, 5.74) is 1.16. The first-order valence-electron chi connectivity index (χ1n) is 9.87. The van der Waals surface area contributed by atoms with Gasteiger partial charge in [-0.1, -0.05) is 12.1 Å². The van der Waals surface area contributed by atoms with Crippen LogP contribution < -0.4 is 10.1 Å². The molecule has 1 N–H and O–H groups in total. The Balaban J connectivity index is 2.00. The van der Waals surface area contributed by atoms with Gasteiger partial charge in [0.2, 0.25) is 5.91 Å². The fourth-order valence-corrected chi connectivity index (χ4v) is 2.67. The Kier molecular flexibility index (Phi) is 8.93. The van der Waals surface area contributed by atoms with Gasteiger partial charge in [-0.25, -0.2) is 0 Å². The molecular weight excluding hydrogens is 390 g/mol. The van der Waals surface area contributed by atoms with Gasteiger partial charge in [-0.15, -0.1) is 0 Å². The fraction of sp³-hybridized carbons (Fsp3) is 0.409. The van der Waals surface area contributed by atoms with E-state index in [0.717, 1.165) is 5.39 Å². The predicted molar refractivity (Wildman–Crippen MR) is 111 cm³/mol. The minimum atomic E-state index is -0.495. The molecule has 0 bridgehead atoms. The van der Waals surface area contributed by atoms with E-state index in [4.69, 9.17) is 18.6 Å². The van der Waals surface area contributed by atoms with Gasteiger partial charge >= 0.3 is 11.9 Å². The number of carbonyl (C=O) groups excluding carboxylic acids is 3. The van der Waals surface area contributed by atoms with Gasteiger partial charge in [-0.05, 0) is 44.9 Å². The van der Waals surface area contributed by atoms with Gasteiger partial charge < -0.3 is 23.9 Å². The molecule has 0 saturated heterocycles. The van der Waals surface area contributed by atoms with Gasteiger partial charge in [0.15, 0.2) is 11.3 Å². The summed E-state index contributed by atoms with van der Waals surface area (Å²) in [6, 6.07) is 7.31. The highest BCUT2D eigenvalue weighted by atomic mass is 16.5. The number of furan rings is 1. The molecule has 0 atom stereocenters. The van der Waals surface area contributed by atoms with Crippen LogP contribution in [-0.4, -0.2) is 44.2 Å². The molecule has 0 radical (unpaired) electrons. The standard InChI is InChI=1S/C22H27NO7/c1-4-27-20(25)10-7-11-29-17-9-6-8-16-13-18(30-22(16)17)15(3)12-19(24)23-14-21(26)28-5-2/h6,8-9,12-13H,4-5,7,10-11,14H2,1-3H3,(H,23,24)/b15-12+. The van der Waals surface area contributed by atoms with E-state index >= 15 is 0 Å². The predicted octanol–water partition coefficient (Wildman–Crippen LogP) is 3.24. The molecule has 8 nitrogen and oxygen atoms in total. The van der Waals surface area contributed by atoms with Crippen LogP contribution in [0.2, 0.25) is 0 Å². The molecule has 0 unspecified atom stereocenters. The van der Waals surface area contributed by atoms with Crippen molar-refractivity contribution in [2.45, 2.75) is 33.6 Å².